The Hall–Kier alpha value is -1.39. The number of benzene rings is 1. The number of hydrogen-bond donors (Lipinski definition) is 1. The maximum atomic E-state index is 5.42. The van der Waals surface area contributed by atoms with E-state index in [-0.39, 0.29) is 0 Å². The fourth-order valence-corrected chi connectivity index (χ4v) is 1.65. The van der Waals surface area contributed by atoms with Gasteiger partial charge in [-0.2, -0.15) is 0 Å². The van der Waals surface area contributed by atoms with E-state index in [0.29, 0.717) is 12.6 Å². The summed E-state index contributed by atoms with van der Waals surface area (Å²) in [5.41, 5.74) is 3.04. The van der Waals surface area contributed by atoms with E-state index in [1.165, 1.54) is 5.56 Å². The minimum absolute atomic E-state index is 0.589. The third-order valence-electron chi connectivity index (χ3n) is 2.40. The van der Waals surface area contributed by atoms with E-state index >= 15 is 0 Å². The second kappa shape index (κ2) is 5.09. The summed E-state index contributed by atoms with van der Waals surface area (Å²) >= 11 is 0. The molecule has 0 aliphatic rings. The molecule has 0 atom stereocenters. The molecule has 0 saturated carbocycles. The first-order valence-electron chi connectivity index (χ1n) is 5.35. The number of ether oxygens (including phenoxy) is 1. The lowest BCUT2D eigenvalue weighted by atomic mass is 10.1. The van der Waals surface area contributed by atoms with E-state index in [1.54, 1.807) is 7.11 Å². The number of hydrogen-bond acceptors (Lipinski definition) is 4. The molecular weight excluding hydrogens is 204 g/mol. The summed E-state index contributed by atoms with van der Waals surface area (Å²) in [5, 5.41) is 3.17. The highest BCUT2D eigenvalue weighted by Gasteiger charge is 2.02. The molecule has 1 aromatic carbocycles. The summed E-state index contributed by atoms with van der Waals surface area (Å²) in [5.74, 6) is 0.713. The summed E-state index contributed by atoms with van der Waals surface area (Å²) in [6.07, 6.45) is 0.963. The molecule has 0 bridgehead atoms. The molecule has 86 valence electrons. The van der Waals surface area contributed by atoms with Crippen LogP contribution >= 0.6 is 0 Å². The molecule has 0 radical (unpaired) electrons. The Labute approximate surface area is 94.6 Å². The smallest absolute Gasteiger partial charge is 0.192 e. The van der Waals surface area contributed by atoms with Crippen molar-refractivity contribution in [1.82, 2.24) is 10.3 Å². The van der Waals surface area contributed by atoms with Gasteiger partial charge >= 0.3 is 0 Å². The van der Waals surface area contributed by atoms with E-state index in [2.05, 4.69) is 22.4 Å². The van der Waals surface area contributed by atoms with Gasteiger partial charge in [-0.25, -0.2) is 4.98 Å². The first-order chi connectivity index (χ1) is 7.79. The fraction of sp³-hybridized carbons (Fsp3) is 0.417. The molecule has 4 heteroatoms. The Bertz CT molecular complexity index is 465. The van der Waals surface area contributed by atoms with Crippen LogP contribution < -0.4 is 5.32 Å². The summed E-state index contributed by atoms with van der Waals surface area (Å²) < 4.78 is 10.3. The third kappa shape index (κ3) is 2.59. The molecule has 1 aromatic heterocycles. The predicted molar refractivity (Wildman–Crippen MR) is 62.3 cm³/mol. The Morgan fingerprint density at radius 3 is 3.12 bits per heavy atom. The lowest BCUT2D eigenvalue weighted by Crippen LogP contribution is -2.19. The van der Waals surface area contributed by atoms with Crippen molar-refractivity contribution in [3.05, 3.63) is 29.7 Å². The Kier molecular flexibility index (Phi) is 3.54. The zero-order chi connectivity index (χ0) is 11.4. The first-order valence-corrected chi connectivity index (χ1v) is 5.35. The fourth-order valence-electron chi connectivity index (χ4n) is 1.65. The molecule has 4 nitrogen and oxygen atoms in total. The van der Waals surface area contributed by atoms with Crippen LogP contribution in [-0.2, 0) is 11.2 Å². The lowest BCUT2D eigenvalue weighted by Gasteiger charge is -2.03. The van der Waals surface area contributed by atoms with E-state index in [1.807, 2.05) is 13.0 Å². The molecule has 0 saturated heterocycles. The highest BCUT2D eigenvalue weighted by atomic mass is 16.5. The summed E-state index contributed by atoms with van der Waals surface area (Å²) in [6, 6.07) is 6.11. The zero-order valence-corrected chi connectivity index (χ0v) is 9.62. The molecule has 0 fully saturated rings. The minimum atomic E-state index is 0.589. The second-order valence-corrected chi connectivity index (χ2v) is 3.72. The standard InChI is InChI=1S/C12H16N2O2/c1-9-14-11-7-10(3-4-12(11)16-9)5-6-13-8-15-2/h3-4,7,13H,5-6,8H2,1-2H3. The van der Waals surface area contributed by atoms with Crippen LogP contribution in [0.4, 0.5) is 0 Å². The van der Waals surface area contributed by atoms with Crippen LogP contribution in [0.5, 0.6) is 0 Å². The maximum absolute atomic E-state index is 5.42. The molecule has 0 aliphatic carbocycles. The van der Waals surface area contributed by atoms with Gasteiger partial charge in [0, 0.05) is 20.6 Å². The van der Waals surface area contributed by atoms with Gasteiger partial charge in [0.15, 0.2) is 11.5 Å². The third-order valence-corrected chi connectivity index (χ3v) is 2.40. The van der Waals surface area contributed by atoms with Crippen LogP contribution in [0.3, 0.4) is 0 Å². The molecule has 1 heterocycles. The number of aryl methyl sites for hydroxylation is 1. The highest BCUT2D eigenvalue weighted by molar-refractivity contribution is 5.73. The average Bonchev–Trinajstić information content (AvgIpc) is 2.64. The summed E-state index contributed by atoms with van der Waals surface area (Å²) in [7, 11) is 1.68. The SMILES string of the molecule is COCNCCc1ccc2oc(C)nc2c1. The number of nitrogens with zero attached hydrogens (tertiary/aromatic N) is 1. The topological polar surface area (TPSA) is 47.3 Å². The molecule has 0 spiro atoms. The van der Waals surface area contributed by atoms with Crippen molar-refractivity contribution in [2.75, 3.05) is 20.4 Å². The van der Waals surface area contributed by atoms with E-state index in [0.717, 1.165) is 24.1 Å². The number of methoxy groups -OCH3 is 1. The van der Waals surface area contributed by atoms with Crippen LogP contribution in [0.1, 0.15) is 11.5 Å². The minimum Gasteiger partial charge on any atom is -0.441 e. The van der Waals surface area contributed by atoms with E-state index in [4.69, 9.17) is 9.15 Å². The van der Waals surface area contributed by atoms with Crippen molar-refractivity contribution in [3.8, 4) is 0 Å². The van der Waals surface area contributed by atoms with Crippen molar-refractivity contribution >= 4 is 11.1 Å². The van der Waals surface area contributed by atoms with Gasteiger partial charge in [-0.1, -0.05) is 6.07 Å². The van der Waals surface area contributed by atoms with Crippen molar-refractivity contribution in [3.63, 3.8) is 0 Å². The highest BCUT2D eigenvalue weighted by Crippen LogP contribution is 2.16. The Balaban J connectivity index is 2.02. The predicted octanol–water partition coefficient (Wildman–Crippen LogP) is 1.87. The monoisotopic (exact) mass is 220 g/mol. The zero-order valence-electron chi connectivity index (χ0n) is 9.62. The van der Waals surface area contributed by atoms with Gasteiger partial charge in [-0.15, -0.1) is 0 Å². The first kappa shape index (κ1) is 11.1. The van der Waals surface area contributed by atoms with Crippen molar-refractivity contribution in [1.29, 1.82) is 0 Å². The van der Waals surface area contributed by atoms with E-state index < -0.39 is 0 Å². The lowest BCUT2D eigenvalue weighted by molar-refractivity contribution is 0.176. The Morgan fingerprint density at radius 2 is 2.31 bits per heavy atom. The van der Waals surface area contributed by atoms with Gasteiger partial charge in [0.05, 0.1) is 6.73 Å². The number of rotatable bonds is 5. The average molecular weight is 220 g/mol. The second-order valence-electron chi connectivity index (χ2n) is 3.72. The van der Waals surface area contributed by atoms with Crippen molar-refractivity contribution in [2.24, 2.45) is 0 Å². The molecule has 2 aromatic rings. The van der Waals surface area contributed by atoms with Crippen molar-refractivity contribution in [2.45, 2.75) is 13.3 Å². The van der Waals surface area contributed by atoms with Gasteiger partial charge in [0.1, 0.15) is 5.52 Å². The van der Waals surface area contributed by atoms with Gasteiger partial charge in [-0.05, 0) is 24.1 Å². The van der Waals surface area contributed by atoms with Crippen LogP contribution in [0.15, 0.2) is 22.6 Å². The molecule has 0 aliphatic heterocycles. The van der Waals surface area contributed by atoms with Gasteiger partial charge in [-0.3, -0.25) is 5.32 Å². The molecule has 16 heavy (non-hydrogen) atoms. The normalized spacial score (nSPS) is 11.1. The molecular formula is C12H16N2O2. The van der Waals surface area contributed by atoms with E-state index in [9.17, 15) is 0 Å². The van der Waals surface area contributed by atoms with Crippen molar-refractivity contribution < 1.29 is 9.15 Å². The van der Waals surface area contributed by atoms with Crippen LogP contribution in [0, 0.1) is 6.92 Å². The largest absolute Gasteiger partial charge is 0.441 e. The molecule has 1 N–H and O–H groups in total. The Morgan fingerprint density at radius 1 is 1.44 bits per heavy atom. The summed E-state index contributed by atoms with van der Waals surface area (Å²) in [6.45, 7) is 3.35. The van der Waals surface area contributed by atoms with Crippen LogP contribution in [-0.4, -0.2) is 25.4 Å². The van der Waals surface area contributed by atoms with Gasteiger partial charge in [0.25, 0.3) is 0 Å². The molecule has 2 rings (SSSR count). The quantitative estimate of drug-likeness (QED) is 0.617. The molecule has 0 unspecified atom stereocenters. The van der Waals surface area contributed by atoms with Crippen LogP contribution in [0.25, 0.3) is 11.1 Å². The van der Waals surface area contributed by atoms with Gasteiger partial charge in [0.2, 0.25) is 0 Å². The summed E-state index contributed by atoms with van der Waals surface area (Å²) in [4.78, 5) is 4.31. The van der Waals surface area contributed by atoms with Gasteiger partial charge < -0.3 is 9.15 Å². The number of nitrogens with one attached hydrogen (secondary N) is 1. The number of aromatic nitrogens is 1. The molecule has 0 amide bonds. The number of oxazole rings is 1. The number of fused-ring (bicyclic) bond motifs is 1. The van der Waals surface area contributed by atoms with Crippen LogP contribution in [0.2, 0.25) is 0 Å². The maximum Gasteiger partial charge on any atom is 0.192 e.